The van der Waals surface area contributed by atoms with Gasteiger partial charge in [-0.15, -0.1) is 0 Å². The van der Waals surface area contributed by atoms with Gasteiger partial charge in [0.2, 0.25) is 0 Å². The highest BCUT2D eigenvalue weighted by molar-refractivity contribution is 7.99. The summed E-state index contributed by atoms with van der Waals surface area (Å²) in [6.07, 6.45) is 4.07. The molecule has 1 nitrogen and oxygen atoms in total. The van der Waals surface area contributed by atoms with Crippen LogP contribution < -0.4 is 4.90 Å². The highest BCUT2D eigenvalue weighted by Crippen LogP contribution is 2.51. The number of allylic oxidation sites excluding steroid dienone is 2. The van der Waals surface area contributed by atoms with Crippen molar-refractivity contribution >= 4 is 23.1 Å². The number of hydrogen-bond donors (Lipinski definition) is 0. The van der Waals surface area contributed by atoms with E-state index in [1.807, 2.05) is 17.8 Å². The average Bonchev–Trinajstić information content (AvgIpc) is 2.59. The average molecular weight is 378 g/mol. The Bertz CT molecular complexity index is 843. The lowest BCUT2D eigenvalue weighted by atomic mass is 9.86. The lowest BCUT2D eigenvalue weighted by Gasteiger charge is -2.35. The van der Waals surface area contributed by atoms with Crippen LogP contribution in [0, 0.1) is 0 Å². The molecule has 0 saturated carbocycles. The minimum atomic E-state index is 0.135. The van der Waals surface area contributed by atoms with E-state index in [0.717, 1.165) is 5.70 Å². The van der Waals surface area contributed by atoms with Crippen LogP contribution in [0.1, 0.15) is 59.6 Å². The van der Waals surface area contributed by atoms with Crippen molar-refractivity contribution in [2.45, 2.75) is 69.1 Å². The highest BCUT2D eigenvalue weighted by atomic mass is 32.2. The van der Waals surface area contributed by atoms with E-state index in [2.05, 4.69) is 102 Å². The summed E-state index contributed by atoms with van der Waals surface area (Å²) < 4.78 is 0. The smallest absolute Gasteiger partial charge is 0.0601 e. The zero-order valence-electron chi connectivity index (χ0n) is 17.7. The number of anilines is 2. The van der Waals surface area contributed by atoms with Crippen LogP contribution in [0.15, 0.2) is 70.6 Å². The minimum Gasteiger partial charge on any atom is -0.309 e. The lowest BCUT2D eigenvalue weighted by molar-refractivity contribution is 0.588. The van der Waals surface area contributed by atoms with Gasteiger partial charge in [0.05, 0.1) is 11.4 Å². The molecule has 0 spiro atoms. The lowest BCUT2D eigenvalue weighted by Crippen LogP contribution is -2.21. The first kappa shape index (κ1) is 19.8. The number of nitrogens with zero attached hydrogens (tertiary/aromatic N) is 1. The molecular weight excluding hydrogens is 346 g/mol. The Labute approximate surface area is 169 Å². The number of benzene rings is 2. The standard InChI is InChI=1S/C25H31NS/c1-9-19(10-2)26-20-13-11-17(24(3,4)5)15-22(20)27-23-16-18(25(6,7)8)12-14-21(23)26/h9-16H,1H2,2-8H3/b19-10+. The van der Waals surface area contributed by atoms with Crippen molar-refractivity contribution in [3.05, 3.63) is 72.0 Å². The van der Waals surface area contributed by atoms with Gasteiger partial charge in [-0.3, -0.25) is 0 Å². The largest absolute Gasteiger partial charge is 0.309 e. The van der Waals surface area contributed by atoms with Gasteiger partial charge in [0.15, 0.2) is 0 Å². The summed E-state index contributed by atoms with van der Waals surface area (Å²) in [6.45, 7) is 19.7. The van der Waals surface area contributed by atoms with E-state index in [1.165, 1.54) is 32.3 Å². The predicted octanol–water partition coefficient (Wildman–Crippen LogP) is 7.97. The summed E-state index contributed by atoms with van der Waals surface area (Å²) in [5.41, 5.74) is 6.58. The second kappa shape index (κ2) is 6.91. The molecule has 1 heterocycles. The summed E-state index contributed by atoms with van der Waals surface area (Å²) >= 11 is 1.88. The topological polar surface area (TPSA) is 3.24 Å². The molecule has 0 unspecified atom stereocenters. The fourth-order valence-corrected chi connectivity index (χ4v) is 4.50. The Hall–Kier alpha value is -1.93. The van der Waals surface area contributed by atoms with Gasteiger partial charge in [0.1, 0.15) is 0 Å². The van der Waals surface area contributed by atoms with E-state index < -0.39 is 0 Å². The second-order valence-electron chi connectivity index (χ2n) is 9.22. The molecule has 0 aliphatic carbocycles. The predicted molar refractivity (Wildman–Crippen MR) is 121 cm³/mol. The molecule has 1 aliphatic heterocycles. The third-order valence-electron chi connectivity index (χ3n) is 5.12. The van der Waals surface area contributed by atoms with Gasteiger partial charge in [-0.05, 0) is 59.2 Å². The van der Waals surface area contributed by atoms with E-state index >= 15 is 0 Å². The summed E-state index contributed by atoms with van der Waals surface area (Å²) in [7, 11) is 0. The Morgan fingerprint density at radius 2 is 1.30 bits per heavy atom. The fraction of sp³-hybridized carbons (Fsp3) is 0.360. The van der Waals surface area contributed by atoms with Gasteiger partial charge in [0.25, 0.3) is 0 Å². The normalized spacial score (nSPS) is 14.6. The molecule has 2 aromatic carbocycles. The molecule has 0 saturated heterocycles. The first-order valence-electron chi connectivity index (χ1n) is 9.62. The molecule has 1 aliphatic rings. The van der Waals surface area contributed by atoms with Crippen LogP contribution in [0.2, 0.25) is 0 Å². The van der Waals surface area contributed by atoms with Crippen molar-refractivity contribution in [3.63, 3.8) is 0 Å². The Balaban J connectivity index is 2.22. The Morgan fingerprint density at radius 3 is 1.63 bits per heavy atom. The molecule has 0 N–H and O–H groups in total. The fourth-order valence-electron chi connectivity index (χ4n) is 3.36. The van der Waals surface area contributed by atoms with Gasteiger partial charge in [-0.25, -0.2) is 0 Å². The molecule has 0 radical (unpaired) electrons. The van der Waals surface area contributed by atoms with E-state index in [1.54, 1.807) is 0 Å². The number of fused-ring (bicyclic) bond motifs is 2. The Morgan fingerprint density at radius 1 is 0.852 bits per heavy atom. The van der Waals surface area contributed by atoms with E-state index in [-0.39, 0.29) is 10.8 Å². The zero-order valence-corrected chi connectivity index (χ0v) is 18.5. The third kappa shape index (κ3) is 3.73. The molecule has 3 rings (SSSR count). The summed E-state index contributed by atoms with van der Waals surface area (Å²) in [5, 5.41) is 0. The van der Waals surface area contributed by atoms with Crippen LogP contribution in [-0.2, 0) is 10.8 Å². The van der Waals surface area contributed by atoms with Crippen molar-refractivity contribution < 1.29 is 0 Å². The van der Waals surface area contributed by atoms with Crippen LogP contribution in [-0.4, -0.2) is 0 Å². The van der Waals surface area contributed by atoms with Crippen LogP contribution in [0.4, 0.5) is 11.4 Å². The van der Waals surface area contributed by atoms with E-state index in [0.29, 0.717) is 0 Å². The first-order chi connectivity index (χ1) is 12.6. The Kier molecular flexibility index (Phi) is 5.07. The van der Waals surface area contributed by atoms with E-state index in [4.69, 9.17) is 0 Å². The molecule has 27 heavy (non-hydrogen) atoms. The van der Waals surface area contributed by atoms with Gasteiger partial charge in [-0.2, -0.15) is 0 Å². The quantitative estimate of drug-likeness (QED) is 0.488. The maximum atomic E-state index is 4.05. The van der Waals surface area contributed by atoms with Crippen LogP contribution >= 0.6 is 11.8 Å². The minimum absolute atomic E-state index is 0.135. The highest BCUT2D eigenvalue weighted by Gasteiger charge is 2.28. The molecular formula is C25H31NS. The van der Waals surface area contributed by atoms with Crippen LogP contribution in [0.5, 0.6) is 0 Å². The molecule has 0 fully saturated rings. The summed E-state index contributed by atoms with van der Waals surface area (Å²) in [4.78, 5) is 4.96. The van der Waals surface area contributed by atoms with Gasteiger partial charge in [-0.1, -0.05) is 78.1 Å². The SMILES string of the molecule is C=C/C(=C\C)N1c2ccc(C(C)(C)C)cc2Sc2cc(C(C)(C)C)ccc21. The van der Waals surface area contributed by atoms with Crippen molar-refractivity contribution in [3.8, 4) is 0 Å². The van der Waals surface area contributed by atoms with E-state index in [9.17, 15) is 0 Å². The van der Waals surface area contributed by atoms with Crippen molar-refractivity contribution in [1.29, 1.82) is 0 Å². The maximum absolute atomic E-state index is 4.05. The molecule has 0 bridgehead atoms. The van der Waals surface area contributed by atoms with Gasteiger partial charge in [0, 0.05) is 15.5 Å². The molecule has 0 atom stereocenters. The molecule has 2 aromatic rings. The zero-order chi connectivity index (χ0) is 20.0. The second-order valence-corrected chi connectivity index (χ2v) is 10.3. The molecule has 2 heteroatoms. The number of hydrogen-bond acceptors (Lipinski definition) is 2. The van der Waals surface area contributed by atoms with Crippen LogP contribution in [0.3, 0.4) is 0 Å². The number of rotatable bonds is 2. The van der Waals surface area contributed by atoms with Crippen molar-refractivity contribution in [2.75, 3.05) is 4.90 Å². The summed E-state index contributed by atoms with van der Waals surface area (Å²) in [5.74, 6) is 0. The molecule has 0 amide bonds. The van der Waals surface area contributed by atoms with Crippen molar-refractivity contribution in [2.24, 2.45) is 0 Å². The maximum Gasteiger partial charge on any atom is 0.0601 e. The van der Waals surface area contributed by atoms with Crippen LogP contribution in [0.25, 0.3) is 0 Å². The molecule has 0 aromatic heterocycles. The van der Waals surface area contributed by atoms with Gasteiger partial charge >= 0.3 is 0 Å². The van der Waals surface area contributed by atoms with Gasteiger partial charge < -0.3 is 4.90 Å². The first-order valence-corrected chi connectivity index (χ1v) is 10.4. The van der Waals surface area contributed by atoms with Crippen molar-refractivity contribution in [1.82, 2.24) is 0 Å². The third-order valence-corrected chi connectivity index (χ3v) is 6.21. The molecule has 142 valence electrons. The monoisotopic (exact) mass is 377 g/mol. The summed E-state index contributed by atoms with van der Waals surface area (Å²) in [6, 6.07) is 13.8.